The van der Waals surface area contributed by atoms with Crippen LogP contribution in [-0.4, -0.2) is 182 Å². The van der Waals surface area contributed by atoms with E-state index in [4.69, 9.17) is 28.4 Å². The quantitative estimate of drug-likeness (QED) is 0.0259. The maximum Gasteiger partial charge on any atom is 0.320 e. The average Bonchev–Trinajstić information content (AvgIpc) is 3.34. The summed E-state index contributed by atoms with van der Waals surface area (Å²) in [5.41, 5.74) is 0. The molecule has 0 aliphatic rings. The molecule has 0 aliphatic heterocycles. The normalized spacial score (nSPS) is 14.9. The SMILES string of the molecule is CCCCCC(OC(=O)CN(C)CC)C(O)C/C=C/CC(=O)OCC(COC(=O)C/C=C/CC(O)C(CCCCC)OC(=O)CN(C)CC)OC(=O)C/C=C/CC(O)C(CCCCC)OC(=O)CN(C)CC. The van der Waals surface area contributed by atoms with E-state index in [1.807, 2.05) is 20.8 Å². The maximum atomic E-state index is 13.0. The van der Waals surface area contributed by atoms with Crippen LogP contribution in [0.15, 0.2) is 36.5 Å². The molecule has 0 aliphatic carbocycles. The summed E-state index contributed by atoms with van der Waals surface area (Å²) in [7, 11) is 5.40. The summed E-state index contributed by atoms with van der Waals surface area (Å²) < 4.78 is 33.3. The highest BCUT2D eigenvalue weighted by molar-refractivity contribution is 5.74. The number of carbonyl (C=O) groups is 6. The zero-order valence-electron chi connectivity index (χ0n) is 45.5. The van der Waals surface area contributed by atoms with Gasteiger partial charge in [-0.2, -0.15) is 0 Å². The van der Waals surface area contributed by atoms with E-state index in [0.29, 0.717) is 38.9 Å². The summed E-state index contributed by atoms with van der Waals surface area (Å²) in [5.74, 6) is -3.36. The molecule has 0 saturated carbocycles. The molecule has 18 heteroatoms. The van der Waals surface area contributed by atoms with Gasteiger partial charge in [0, 0.05) is 0 Å². The van der Waals surface area contributed by atoms with Crippen molar-refractivity contribution >= 4 is 35.8 Å². The van der Waals surface area contributed by atoms with Gasteiger partial charge in [-0.25, -0.2) is 0 Å². The van der Waals surface area contributed by atoms with Crippen LogP contribution in [0.5, 0.6) is 0 Å². The molecule has 0 rings (SSSR count). The van der Waals surface area contributed by atoms with Gasteiger partial charge >= 0.3 is 35.8 Å². The van der Waals surface area contributed by atoms with Gasteiger partial charge in [0.15, 0.2) is 6.10 Å². The molecule has 6 atom stereocenters. The van der Waals surface area contributed by atoms with Crippen molar-refractivity contribution in [3.8, 4) is 0 Å². The molecule has 0 heterocycles. The number of unbranched alkanes of at least 4 members (excludes halogenated alkanes) is 6. The number of likely N-dealkylation sites (N-methyl/N-ethyl adjacent to an activating group) is 3. The molecule has 0 fully saturated rings. The zero-order chi connectivity index (χ0) is 54.1. The topological polar surface area (TPSA) is 228 Å². The largest absolute Gasteiger partial charge is 0.461 e. The summed E-state index contributed by atoms with van der Waals surface area (Å²) in [6, 6.07) is 0. The van der Waals surface area contributed by atoms with Crippen LogP contribution in [0, 0.1) is 0 Å². The molecule has 18 nitrogen and oxygen atoms in total. The maximum absolute atomic E-state index is 13.0. The second kappa shape index (κ2) is 43.2. The number of rotatable bonds is 44. The lowest BCUT2D eigenvalue weighted by molar-refractivity contribution is -0.165. The first-order chi connectivity index (χ1) is 34.4. The summed E-state index contributed by atoms with van der Waals surface area (Å²) >= 11 is 0. The van der Waals surface area contributed by atoms with Crippen molar-refractivity contribution in [2.24, 2.45) is 0 Å². The first-order valence-corrected chi connectivity index (χ1v) is 26.6. The van der Waals surface area contributed by atoms with Gasteiger partial charge in [0.1, 0.15) is 31.5 Å². The van der Waals surface area contributed by atoms with Gasteiger partial charge in [0.05, 0.1) is 57.2 Å². The highest BCUT2D eigenvalue weighted by Crippen LogP contribution is 2.18. The van der Waals surface area contributed by atoms with Gasteiger partial charge in [-0.15, -0.1) is 0 Å². The van der Waals surface area contributed by atoms with Gasteiger partial charge in [0.25, 0.3) is 0 Å². The fraction of sp³-hybridized carbons (Fsp3) is 0.778. The average molecular weight is 1030 g/mol. The molecule has 6 unspecified atom stereocenters. The van der Waals surface area contributed by atoms with Gasteiger partial charge in [-0.05, 0) is 98.6 Å². The molecular weight excluding hydrogens is 931 g/mol. The van der Waals surface area contributed by atoms with Crippen molar-refractivity contribution in [2.45, 2.75) is 200 Å². The Kier molecular flexibility index (Phi) is 40.7. The van der Waals surface area contributed by atoms with E-state index in [1.54, 1.807) is 54.1 Å². The van der Waals surface area contributed by atoms with Crippen LogP contribution in [0.2, 0.25) is 0 Å². The van der Waals surface area contributed by atoms with Crippen molar-refractivity contribution < 1.29 is 72.5 Å². The lowest BCUT2D eigenvalue weighted by atomic mass is 10.0. The van der Waals surface area contributed by atoms with E-state index >= 15 is 0 Å². The lowest BCUT2D eigenvalue weighted by Crippen LogP contribution is -2.35. The zero-order valence-corrected chi connectivity index (χ0v) is 45.5. The van der Waals surface area contributed by atoms with Gasteiger partial charge in [-0.1, -0.05) is 117 Å². The number of aliphatic hydroxyl groups is 3. The molecule has 3 N–H and O–H groups in total. The van der Waals surface area contributed by atoms with Crippen LogP contribution in [0.1, 0.15) is 157 Å². The molecule has 0 aromatic heterocycles. The fourth-order valence-corrected chi connectivity index (χ4v) is 6.93. The van der Waals surface area contributed by atoms with Crippen LogP contribution >= 0.6 is 0 Å². The number of ether oxygens (including phenoxy) is 6. The molecule has 0 aromatic carbocycles. The van der Waals surface area contributed by atoms with Crippen LogP contribution in [0.25, 0.3) is 0 Å². The number of esters is 6. The van der Waals surface area contributed by atoms with Crippen LogP contribution in [-0.2, 0) is 57.2 Å². The molecule has 0 aromatic rings. The molecule has 0 bridgehead atoms. The number of hydrogen-bond donors (Lipinski definition) is 3. The summed E-state index contributed by atoms with van der Waals surface area (Å²) in [5, 5.41) is 32.7. The fourth-order valence-electron chi connectivity index (χ4n) is 6.93. The molecule has 0 saturated heterocycles. The van der Waals surface area contributed by atoms with E-state index < -0.39 is 91.8 Å². The van der Waals surface area contributed by atoms with E-state index in [0.717, 1.165) is 57.8 Å². The molecule has 0 radical (unpaired) electrons. The number of aliphatic hydroxyl groups excluding tert-OH is 3. The molecule has 0 spiro atoms. The first kappa shape index (κ1) is 67.8. The van der Waals surface area contributed by atoms with Crippen molar-refractivity contribution in [1.29, 1.82) is 0 Å². The Morgan fingerprint density at radius 3 is 0.972 bits per heavy atom. The van der Waals surface area contributed by atoms with Crippen molar-refractivity contribution in [3.05, 3.63) is 36.5 Å². The second-order valence-corrected chi connectivity index (χ2v) is 18.5. The minimum atomic E-state index is -1.18. The van der Waals surface area contributed by atoms with Gasteiger partial charge < -0.3 is 43.7 Å². The second-order valence-electron chi connectivity index (χ2n) is 18.5. The Morgan fingerprint density at radius 1 is 0.403 bits per heavy atom. The highest BCUT2D eigenvalue weighted by atomic mass is 16.6. The van der Waals surface area contributed by atoms with Crippen LogP contribution in [0.3, 0.4) is 0 Å². The summed E-state index contributed by atoms with van der Waals surface area (Å²) in [6.07, 6.45) is 12.3. The third-order valence-electron chi connectivity index (χ3n) is 11.9. The number of hydrogen-bond acceptors (Lipinski definition) is 18. The van der Waals surface area contributed by atoms with Crippen molar-refractivity contribution in [3.63, 3.8) is 0 Å². The minimum absolute atomic E-state index is 0.0944. The van der Waals surface area contributed by atoms with E-state index in [1.165, 1.54) is 18.2 Å². The monoisotopic (exact) mass is 1030 g/mol. The Bertz CT molecular complexity index is 1500. The molecule has 72 heavy (non-hydrogen) atoms. The standard InChI is InChI=1S/C54H95N3O15/c1-10-16-19-31-46(70-52(64)37-55(7)13-4)43(58)28-22-25-34-49(61)67-40-42(69-51(63)36-27-24-30-45(60)48(33-21-18-12-3)72-54(66)39-57(9)15-6)41-68-50(62)35-26-23-29-44(59)47(32-20-17-11-2)71-53(65)38-56(8)14-5/h22-27,42-48,58-60H,10-21,28-41H2,1-9H3/b25-22+,26-23+,27-24+. The molecule has 0 amide bonds. The Balaban J connectivity index is 5.77. The molecular formula is C54H95N3O15. The molecule has 416 valence electrons. The predicted octanol–water partition coefficient (Wildman–Crippen LogP) is 6.41. The lowest BCUT2D eigenvalue weighted by Gasteiger charge is -2.24. The Labute approximate surface area is 431 Å². The van der Waals surface area contributed by atoms with Crippen LogP contribution in [0.4, 0.5) is 0 Å². The van der Waals surface area contributed by atoms with Crippen molar-refractivity contribution in [2.75, 3.05) is 73.6 Å². The number of nitrogens with zero attached hydrogens (tertiary/aromatic N) is 3. The smallest absolute Gasteiger partial charge is 0.320 e. The predicted molar refractivity (Wildman–Crippen MR) is 277 cm³/mol. The minimum Gasteiger partial charge on any atom is -0.461 e. The Hall–Kier alpha value is -4.20. The van der Waals surface area contributed by atoms with Crippen molar-refractivity contribution in [1.82, 2.24) is 14.7 Å². The number of carbonyl (C=O) groups excluding carboxylic acids is 6. The third kappa shape index (κ3) is 35.8. The summed E-state index contributed by atoms with van der Waals surface area (Å²) in [6.45, 7) is 13.3. The van der Waals surface area contributed by atoms with E-state index in [-0.39, 0.29) is 58.2 Å². The van der Waals surface area contributed by atoms with E-state index in [9.17, 15) is 44.1 Å². The van der Waals surface area contributed by atoms with Crippen LogP contribution < -0.4 is 0 Å². The first-order valence-electron chi connectivity index (χ1n) is 26.6. The Morgan fingerprint density at radius 2 is 0.694 bits per heavy atom. The third-order valence-corrected chi connectivity index (χ3v) is 11.9. The van der Waals surface area contributed by atoms with Gasteiger partial charge in [0.2, 0.25) is 0 Å². The van der Waals surface area contributed by atoms with Gasteiger partial charge in [-0.3, -0.25) is 43.5 Å². The van der Waals surface area contributed by atoms with E-state index in [2.05, 4.69) is 20.8 Å². The summed E-state index contributed by atoms with van der Waals surface area (Å²) in [4.78, 5) is 81.6. The highest BCUT2D eigenvalue weighted by Gasteiger charge is 2.26.